The molecule has 0 radical (unpaired) electrons. The van der Waals surface area contributed by atoms with Crippen LogP contribution in [-0.2, 0) is 34.0 Å². The number of rotatable bonds is 9. The molecule has 0 saturated heterocycles. The zero-order valence-corrected chi connectivity index (χ0v) is 27.4. The number of fused-ring (bicyclic) bond motifs is 1. The van der Waals surface area contributed by atoms with Crippen LogP contribution in [0.3, 0.4) is 0 Å². The van der Waals surface area contributed by atoms with Gasteiger partial charge in [-0.05, 0) is 58.7 Å². The normalized spacial score (nSPS) is 14.2. The van der Waals surface area contributed by atoms with E-state index in [1.54, 1.807) is 48.5 Å². The van der Waals surface area contributed by atoms with E-state index in [1.165, 1.54) is 15.9 Å². The van der Waals surface area contributed by atoms with Crippen molar-refractivity contribution in [2.24, 2.45) is 11.7 Å². The minimum atomic E-state index is -1.38. The molecule has 1 aliphatic rings. The fraction of sp³-hybridized carbons (Fsp3) is 0.132. The van der Waals surface area contributed by atoms with Crippen LogP contribution in [0.25, 0.3) is 11.1 Å². The Morgan fingerprint density at radius 1 is 0.771 bits per heavy atom. The molecule has 48 heavy (non-hydrogen) atoms. The largest absolute Gasteiger partial charge is 0.352 e. The first-order valence-electron chi connectivity index (χ1n) is 15.2. The molecule has 3 amide bonds. The van der Waals surface area contributed by atoms with E-state index in [0.29, 0.717) is 34.2 Å². The Hall–Kier alpha value is -5.02. The average Bonchev–Trinajstić information content (AvgIpc) is 3.17. The monoisotopic (exact) mass is 682 g/mol. The van der Waals surface area contributed by atoms with Gasteiger partial charge >= 0.3 is 0 Å². The van der Waals surface area contributed by atoms with Crippen molar-refractivity contribution < 1.29 is 18.8 Å². The van der Waals surface area contributed by atoms with Gasteiger partial charge in [-0.3, -0.25) is 19.3 Å². The number of hydrogen-bond donors (Lipinski definition) is 2. The third kappa shape index (κ3) is 7.42. The highest BCUT2D eigenvalue weighted by molar-refractivity contribution is 6.31. The van der Waals surface area contributed by atoms with Crippen molar-refractivity contribution in [2.45, 2.75) is 26.1 Å². The molecular formula is C38H33Cl2FN4O3. The third-order valence-electron chi connectivity index (χ3n) is 8.21. The van der Waals surface area contributed by atoms with Gasteiger partial charge in [-0.2, -0.15) is 0 Å². The van der Waals surface area contributed by atoms with Crippen molar-refractivity contribution in [3.05, 3.63) is 149 Å². The summed E-state index contributed by atoms with van der Waals surface area (Å²) in [7, 11) is 0. The summed E-state index contributed by atoms with van der Waals surface area (Å²) >= 11 is 6.49. The lowest BCUT2D eigenvalue weighted by atomic mass is 10.00. The number of carbonyl (C=O) groups excluding carboxylic acids is 3. The zero-order valence-electron chi connectivity index (χ0n) is 25.8. The lowest BCUT2D eigenvalue weighted by Crippen LogP contribution is -2.43. The van der Waals surface area contributed by atoms with Crippen LogP contribution < -0.4 is 20.9 Å². The van der Waals surface area contributed by atoms with Gasteiger partial charge in [-0.1, -0.05) is 96.5 Å². The smallest absolute Gasteiger partial charge is 0.244 e. The van der Waals surface area contributed by atoms with Gasteiger partial charge in [0.05, 0.1) is 17.9 Å². The van der Waals surface area contributed by atoms with E-state index in [-0.39, 0.29) is 25.5 Å². The van der Waals surface area contributed by atoms with E-state index < -0.39 is 35.9 Å². The molecule has 1 aliphatic heterocycles. The summed E-state index contributed by atoms with van der Waals surface area (Å²) in [6.45, 7) is 0.362. The van der Waals surface area contributed by atoms with E-state index in [4.69, 9.17) is 17.3 Å². The molecule has 0 aliphatic carbocycles. The Morgan fingerprint density at radius 3 is 2.10 bits per heavy atom. The molecule has 0 saturated carbocycles. The lowest BCUT2D eigenvalue weighted by Gasteiger charge is -2.26. The van der Waals surface area contributed by atoms with Crippen molar-refractivity contribution in [3.63, 3.8) is 0 Å². The molecular weight excluding hydrogens is 650 g/mol. The van der Waals surface area contributed by atoms with Crippen LogP contribution in [0.5, 0.6) is 0 Å². The predicted molar refractivity (Wildman–Crippen MR) is 190 cm³/mol. The quantitative estimate of drug-likeness (QED) is 0.157. The first kappa shape index (κ1) is 34.3. The highest BCUT2D eigenvalue weighted by atomic mass is 35.5. The van der Waals surface area contributed by atoms with E-state index >= 15 is 0 Å². The maximum atomic E-state index is 14.4. The SMILES string of the molecule is Cl.NCc1ccc(N2C(=O)C(CC(=O)NCc3ccccc3F)C(=O)N(Cc3ccc(-c4ccccc4)cc3)c3cc(Cl)ccc32)cc1. The van der Waals surface area contributed by atoms with Gasteiger partial charge in [0.2, 0.25) is 17.7 Å². The summed E-state index contributed by atoms with van der Waals surface area (Å²) in [6, 6.07) is 36.0. The Bertz CT molecular complexity index is 1920. The van der Waals surface area contributed by atoms with E-state index in [1.807, 2.05) is 66.7 Å². The summed E-state index contributed by atoms with van der Waals surface area (Å²) in [5.74, 6) is -3.51. The van der Waals surface area contributed by atoms with E-state index in [9.17, 15) is 18.8 Å². The van der Waals surface area contributed by atoms with Crippen molar-refractivity contribution in [1.29, 1.82) is 0 Å². The fourth-order valence-electron chi connectivity index (χ4n) is 5.68. The van der Waals surface area contributed by atoms with Crippen LogP contribution >= 0.6 is 24.0 Å². The molecule has 244 valence electrons. The summed E-state index contributed by atoms with van der Waals surface area (Å²) in [4.78, 5) is 45.1. The first-order valence-corrected chi connectivity index (χ1v) is 15.6. The molecule has 10 heteroatoms. The molecule has 5 aromatic rings. The summed E-state index contributed by atoms with van der Waals surface area (Å²) < 4.78 is 14.2. The molecule has 1 heterocycles. The molecule has 7 nitrogen and oxygen atoms in total. The molecule has 0 bridgehead atoms. The van der Waals surface area contributed by atoms with Gasteiger partial charge < -0.3 is 16.0 Å². The number of halogens is 3. The van der Waals surface area contributed by atoms with Crippen LogP contribution in [0.1, 0.15) is 23.1 Å². The highest BCUT2D eigenvalue weighted by Gasteiger charge is 2.42. The van der Waals surface area contributed by atoms with E-state index in [0.717, 1.165) is 22.3 Å². The average molecular weight is 684 g/mol. The Kier molecular flexibility index (Phi) is 10.9. The summed E-state index contributed by atoms with van der Waals surface area (Å²) in [5, 5.41) is 3.06. The fourth-order valence-corrected chi connectivity index (χ4v) is 5.85. The number of anilines is 3. The molecule has 3 N–H and O–H groups in total. The number of nitrogens with zero attached hydrogens (tertiary/aromatic N) is 2. The van der Waals surface area contributed by atoms with Crippen LogP contribution in [0.4, 0.5) is 21.5 Å². The third-order valence-corrected chi connectivity index (χ3v) is 8.44. The zero-order chi connectivity index (χ0) is 32.9. The molecule has 1 unspecified atom stereocenters. The van der Waals surface area contributed by atoms with Gasteiger partial charge in [-0.25, -0.2) is 4.39 Å². The Labute approximate surface area is 289 Å². The van der Waals surface area contributed by atoms with Crippen molar-refractivity contribution >= 4 is 58.8 Å². The molecule has 6 rings (SSSR count). The maximum Gasteiger partial charge on any atom is 0.244 e. The van der Waals surface area contributed by atoms with Crippen LogP contribution in [0.15, 0.2) is 121 Å². The predicted octanol–water partition coefficient (Wildman–Crippen LogP) is 7.56. The topological polar surface area (TPSA) is 95.7 Å². The standard InChI is InChI=1S/C38H32ClFN4O3.ClH/c39-30-16-19-34-35(20-30)43(24-26-10-14-28(15-11-26)27-6-2-1-3-7-27)37(46)32(21-36(45)42-23-29-8-4-5-9-33(29)40)38(47)44(34)31-17-12-25(22-41)13-18-31;/h1-20,32H,21-24,41H2,(H,42,45);1H. The van der Waals surface area contributed by atoms with Crippen LogP contribution in [-0.4, -0.2) is 17.7 Å². The lowest BCUT2D eigenvalue weighted by molar-refractivity contribution is -0.136. The second-order valence-electron chi connectivity index (χ2n) is 11.3. The number of hydrogen-bond acceptors (Lipinski definition) is 4. The number of carbonyl (C=O) groups is 3. The second-order valence-corrected chi connectivity index (χ2v) is 11.7. The Morgan fingerprint density at radius 2 is 1.42 bits per heavy atom. The summed E-state index contributed by atoms with van der Waals surface area (Å²) in [5.41, 5.74) is 11.3. The molecule has 0 fully saturated rings. The minimum absolute atomic E-state index is 0. The van der Waals surface area contributed by atoms with Gasteiger partial charge in [0.15, 0.2) is 0 Å². The molecule has 5 aromatic carbocycles. The molecule has 0 aromatic heterocycles. The number of amides is 3. The van der Waals surface area contributed by atoms with Crippen LogP contribution in [0.2, 0.25) is 5.02 Å². The van der Waals surface area contributed by atoms with Crippen molar-refractivity contribution in [2.75, 3.05) is 9.80 Å². The van der Waals surface area contributed by atoms with Gasteiger partial charge in [0, 0.05) is 35.8 Å². The minimum Gasteiger partial charge on any atom is -0.352 e. The number of nitrogens with one attached hydrogen (secondary N) is 1. The number of nitrogens with two attached hydrogens (primary N) is 1. The maximum absolute atomic E-state index is 14.4. The van der Waals surface area contributed by atoms with E-state index in [2.05, 4.69) is 5.32 Å². The van der Waals surface area contributed by atoms with Gasteiger partial charge in [0.1, 0.15) is 11.7 Å². The number of benzene rings is 5. The van der Waals surface area contributed by atoms with Crippen molar-refractivity contribution in [1.82, 2.24) is 5.32 Å². The Balaban J connectivity index is 0.00000451. The molecule has 0 spiro atoms. The summed E-state index contributed by atoms with van der Waals surface area (Å²) in [6.07, 6.45) is -0.436. The van der Waals surface area contributed by atoms with Crippen LogP contribution in [0, 0.1) is 11.7 Å². The highest BCUT2D eigenvalue weighted by Crippen LogP contribution is 2.42. The molecule has 1 atom stereocenters. The second kappa shape index (κ2) is 15.3. The first-order chi connectivity index (χ1) is 22.8. The van der Waals surface area contributed by atoms with Crippen molar-refractivity contribution in [3.8, 4) is 11.1 Å². The van der Waals surface area contributed by atoms with Gasteiger partial charge in [0.25, 0.3) is 0 Å². The van der Waals surface area contributed by atoms with Gasteiger partial charge in [-0.15, -0.1) is 12.4 Å².